The van der Waals surface area contributed by atoms with E-state index in [9.17, 15) is 5.11 Å². The Kier molecular flexibility index (Phi) is 4.00. The van der Waals surface area contributed by atoms with Gasteiger partial charge in [-0.05, 0) is 12.2 Å². The number of isothiocyanates is 1. The number of thiocarbonyl (C=S) groups is 1. The van der Waals surface area contributed by atoms with Crippen LogP contribution in [0.5, 0.6) is 0 Å². The standard InChI is InChI=1S/C9H17N2OS/c1-11(7-4-10-8-13)5-2-9(12)3-6-11/h9,12H,2-7H2,1H3/q+1. The molecule has 1 saturated heterocycles. The molecule has 0 aromatic carbocycles. The normalized spacial score (nSPS) is 33.8. The Morgan fingerprint density at radius 1 is 1.54 bits per heavy atom. The highest BCUT2D eigenvalue weighted by molar-refractivity contribution is 7.78. The molecule has 1 aliphatic rings. The highest BCUT2D eigenvalue weighted by Crippen LogP contribution is 2.16. The van der Waals surface area contributed by atoms with Crippen molar-refractivity contribution in [1.82, 2.24) is 0 Å². The van der Waals surface area contributed by atoms with Crippen molar-refractivity contribution in [1.29, 1.82) is 0 Å². The molecule has 0 atom stereocenters. The Hall–Kier alpha value is -0.280. The van der Waals surface area contributed by atoms with Crippen molar-refractivity contribution in [3.05, 3.63) is 0 Å². The smallest absolute Gasteiger partial charge is 0.0991 e. The van der Waals surface area contributed by atoms with Crippen molar-refractivity contribution < 1.29 is 9.59 Å². The Bertz CT molecular complexity index is 206. The lowest BCUT2D eigenvalue weighted by Crippen LogP contribution is -2.52. The number of nitrogens with zero attached hydrogens (tertiary/aromatic N) is 2. The number of quaternary nitrogens is 1. The summed E-state index contributed by atoms with van der Waals surface area (Å²) in [5.41, 5.74) is 0. The third-order valence-corrected chi connectivity index (χ3v) is 2.95. The van der Waals surface area contributed by atoms with Gasteiger partial charge in [0.2, 0.25) is 0 Å². The zero-order chi connectivity index (χ0) is 9.73. The summed E-state index contributed by atoms with van der Waals surface area (Å²) >= 11 is 4.51. The van der Waals surface area contributed by atoms with Gasteiger partial charge in [0, 0.05) is 12.8 Å². The van der Waals surface area contributed by atoms with E-state index < -0.39 is 0 Å². The van der Waals surface area contributed by atoms with Gasteiger partial charge >= 0.3 is 0 Å². The predicted molar refractivity (Wildman–Crippen MR) is 55.9 cm³/mol. The first-order valence-electron chi connectivity index (χ1n) is 4.71. The van der Waals surface area contributed by atoms with Crippen LogP contribution >= 0.6 is 12.2 Å². The quantitative estimate of drug-likeness (QED) is 0.414. The van der Waals surface area contributed by atoms with Gasteiger partial charge in [-0.1, -0.05) is 0 Å². The molecule has 0 amide bonds. The molecular formula is C9H17N2OS+. The lowest BCUT2D eigenvalue weighted by atomic mass is 10.1. The molecule has 0 unspecified atom stereocenters. The summed E-state index contributed by atoms with van der Waals surface area (Å²) in [6, 6.07) is 0. The van der Waals surface area contributed by atoms with Gasteiger partial charge in [-0.25, -0.2) is 4.99 Å². The van der Waals surface area contributed by atoms with E-state index in [1.807, 2.05) is 0 Å². The van der Waals surface area contributed by atoms with Gasteiger partial charge in [0.25, 0.3) is 0 Å². The van der Waals surface area contributed by atoms with Crippen molar-refractivity contribution in [3.63, 3.8) is 0 Å². The minimum Gasteiger partial charge on any atom is -0.393 e. The van der Waals surface area contributed by atoms with Crippen LogP contribution in [0.1, 0.15) is 12.8 Å². The molecule has 4 heteroatoms. The summed E-state index contributed by atoms with van der Waals surface area (Å²) in [7, 11) is 2.21. The Labute approximate surface area is 84.7 Å². The maximum absolute atomic E-state index is 9.35. The highest BCUT2D eigenvalue weighted by atomic mass is 32.1. The number of likely N-dealkylation sites (N-methyl/N-ethyl adjacent to an activating group) is 1. The number of hydrogen-bond donors (Lipinski definition) is 1. The topological polar surface area (TPSA) is 32.6 Å². The van der Waals surface area contributed by atoms with Crippen molar-refractivity contribution in [2.75, 3.05) is 33.2 Å². The molecule has 13 heavy (non-hydrogen) atoms. The van der Waals surface area contributed by atoms with E-state index in [1.54, 1.807) is 0 Å². The van der Waals surface area contributed by atoms with Crippen molar-refractivity contribution in [2.24, 2.45) is 4.99 Å². The number of piperidine rings is 1. The molecule has 0 bridgehead atoms. The fraction of sp³-hybridized carbons (Fsp3) is 0.889. The monoisotopic (exact) mass is 201 g/mol. The minimum absolute atomic E-state index is 0.0831. The zero-order valence-corrected chi connectivity index (χ0v) is 8.89. The number of rotatable bonds is 3. The van der Waals surface area contributed by atoms with Crippen molar-refractivity contribution in [2.45, 2.75) is 18.9 Å². The first-order valence-corrected chi connectivity index (χ1v) is 5.12. The molecule has 0 saturated carbocycles. The predicted octanol–water partition coefficient (Wildman–Crippen LogP) is 0.690. The van der Waals surface area contributed by atoms with Crippen LogP contribution in [0.2, 0.25) is 0 Å². The molecule has 0 aromatic heterocycles. The first kappa shape index (κ1) is 10.8. The van der Waals surface area contributed by atoms with E-state index in [2.05, 4.69) is 29.4 Å². The summed E-state index contributed by atoms with van der Waals surface area (Å²) in [6.45, 7) is 3.87. The summed E-state index contributed by atoms with van der Waals surface area (Å²) in [6.07, 6.45) is 1.75. The molecule has 0 aliphatic carbocycles. The molecular weight excluding hydrogens is 184 g/mol. The third-order valence-electron chi connectivity index (χ3n) is 2.82. The summed E-state index contributed by atoms with van der Waals surface area (Å²) in [5, 5.41) is 11.7. The van der Waals surface area contributed by atoms with Gasteiger partial charge < -0.3 is 9.59 Å². The molecule has 1 aliphatic heterocycles. The summed E-state index contributed by atoms with van der Waals surface area (Å²) in [4.78, 5) is 3.92. The van der Waals surface area contributed by atoms with Crippen LogP contribution in [-0.4, -0.2) is 54.1 Å². The average molecular weight is 201 g/mol. The molecule has 0 spiro atoms. The number of aliphatic hydroxyl groups excluding tert-OH is 1. The second kappa shape index (κ2) is 4.82. The fourth-order valence-electron chi connectivity index (χ4n) is 1.74. The summed E-state index contributed by atoms with van der Waals surface area (Å²) < 4.78 is 1.01. The van der Waals surface area contributed by atoms with E-state index in [1.165, 1.54) is 0 Å². The van der Waals surface area contributed by atoms with Crippen LogP contribution in [0.15, 0.2) is 4.99 Å². The largest absolute Gasteiger partial charge is 0.393 e. The van der Waals surface area contributed by atoms with E-state index in [4.69, 9.17) is 0 Å². The maximum Gasteiger partial charge on any atom is 0.0991 e. The minimum atomic E-state index is -0.0831. The van der Waals surface area contributed by atoms with Crippen molar-refractivity contribution in [3.8, 4) is 0 Å². The van der Waals surface area contributed by atoms with Crippen LogP contribution in [0, 0.1) is 0 Å². The van der Waals surface area contributed by atoms with Crippen LogP contribution in [-0.2, 0) is 0 Å². The molecule has 3 nitrogen and oxygen atoms in total. The van der Waals surface area contributed by atoms with Crippen LogP contribution in [0.3, 0.4) is 0 Å². The van der Waals surface area contributed by atoms with Crippen LogP contribution in [0.25, 0.3) is 0 Å². The molecule has 0 radical (unpaired) electrons. The van der Waals surface area contributed by atoms with Gasteiger partial charge in [-0.2, -0.15) is 0 Å². The van der Waals surface area contributed by atoms with E-state index >= 15 is 0 Å². The highest BCUT2D eigenvalue weighted by Gasteiger charge is 2.28. The second-order valence-electron chi connectivity index (χ2n) is 3.99. The lowest BCUT2D eigenvalue weighted by Gasteiger charge is -2.38. The molecule has 1 heterocycles. The van der Waals surface area contributed by atoms with Crippen LogP contribution < -0.4 is 0 Å². The Morgan fingerprint density at radius 2 is 2.15 bits per heavy atom. The molecule has 74 valence electrons. The molecule has 1 fully saturated rings. The van der Waals surface area contributed by atoms with E-state index in [-0.39, 0.29) is 6.10 Å². The number of hydrogen-bond acceptors (Lipinski definition) is 3. The third kappa shape index (κ3) is 3.53. The fourth-order valence-corrected chi connectivity index (χ4v) is 1.83. The van der Waals surface area contributed by atoms with Gasteiger partial charge in [0.1, 0.15) is 0 Å². The number of aliphatic imine (C=N–C) groups is 1. The Balaban J connectivity index is 2.33. The van der Waals surface area contributed by atoms with Crippen molar-refractivity contribution >= 4 is 17.4 Å². The van der Waals surface area contributed by atoms with Gasteiger partial charge in [-0.15, -0.1) is 0 Å². The van der Waals surface area contributed by atoms with Gasteiger partial charge in [-0.3, -0.25) is 0 Å². The molecule has 0 aromatic rings. The van der Waals surface area contributed by atoms with Gasteiger partial charge in [0.15, 0.2) is 0 Å². The van der Waals surface area contributed by atoms with E-state index in [0.717, 1.165) is 43.5 Å². The van der Waals surface area contributed by atoms with Crippen LogP contribution in [0.4, 0.5) is 0 Å². The SMILES string of the molecule is C[N+]1(CCN=C=S)CCC(O)CC1. The van der Waals surface area contributed by atoms with E-state index in [0.29, 0.717) is 0 Å². The number of aliphatic hydroxyl groups is 1. The average Bonchev–Trinajstić information content (AvgIpc) is 2.12. The molecule has 1 rings (SSSR count). The summed E-state index contributed by atoms with van der Waals surface area (Å²) in [5.74, 6) is 0. The first-order chi connectivity index (χ1) is 6.16. The zero-order valence-electron chi connectivity index (χ0n) is 8.07. The number of likely N-dealkylation sites (tertiary alicyclic amines) is 1. The molecule has 1 N–H and O–H groups in total. The van der Waals surface area contributed by atoms with Gasteiger partial charge in [0.05, 0.1) is 44.5 Å². The Morgan fingerprint density at radius 3 is 2.69 bits per heavy atom. The maximum atomic E-state index is 9.35. The second-order valence-corrected chi connectivity index (χ2v) is 4.18. The lowest BCUT2D eigenvalue weighted by molar-refractivity contribution is -0.913.